The van der Waals surface area contributed by atoms with Gasteiger partial charge in [0.15, 0.2) is 15.9 Å². The van der Waals surface area contributed by atoms with E-state index in [1.54, 1.807) is 24.5 Å². The Morgan fingerprint density at radius 1 is 1.13 bits per heavy atom. The molecule has 0 radical (unpaired) electrons. The van der Waals surface area contributed by atoms with Crippen molar-refractivity contribution in [1.82, 2.24) is 9.97 Å². The van der Waals surface area contributed by atoms with Gasteiger partial charge in [0, 0.05) is 48.5 Å². The number of hydrogen-bond acceptors (Lipinski definition) is 8. The van der Waals surface area contributed by atoms with Crippen molar-refractivity contribution in [3.8, 4) is 10.4 Å². The zero-order valence-corrected chi connectivity index (χ0v) is 23.7. The van der Waals surface area contributed by atoms with Crippen molar-refractivity contribution in [2.75, 3.05) is 5.32 Å². The summed E-state index contributed by atoms with van der Waals surface area (Å²) in [6.45, 7) is 7.55. The number of benzene rings is 1. The van der Waals surface area contributed by atoms with Crippen LogP contribution < -0.4 is 10.9 Å². The molecule has 0 bridgehead atoms. The molecule has 2 N–H and O–H groups in total. The first-order valence-electron chi connectivity index (χ1n) is 13.2. The van der Waals surface area contributed by atoms with Crippen LogP contribution in [-0.4, -0.2) is 53.2 Å². The van der Waals surface area contributed by atoms with E-state index in [0.717, 1.165) is 35.6 Å². The van der Waals surface area contributed by atoms with E-state index in [1.807, 2.05) is 26.0 Å². The Morgan fingerprint density at radius 2 is 1.85 bits per heavy atom. The Hall–Kier alpha value is -3.31. The van der Waals surface area contributed by atoms with E-state index < -0.39 is 15.9 Å². The molecular formula is C28H33N4O5S2+. The van der Waals surface area contributed by atoms with Gasteiger partial charge in [-0.2, -0.15) is 4.79 Å². The number of thiazole rings is 1. The number of nitrogens with one attached hydrogen (secondary N) is 2. The van der Waals surface area contributed by atoms with E-state index in [-0.39, 0.29) is 28.9 Å². The predicted molar refractivity (Wildman–Crippen MR) is 152 cm³/mol. The van der Waals surface area contributed by atoms with Gasteiger partial charge < -0.3 is 15.0 Å². The van der Waals surface area contributed by atoms with E-state index in [9.17, 15) is 18.0 Å². The fraction of sp³-hybridized carbons (Fsp3) is 0.429. The summed E-state index contributed by atoms with van der Waals surface area (Å²) in [5, 5.41) is 3.81. The lowest BCUT2D eigenvalue weighted by Gasteiger charge is -2.24. The number of ether oxygens (including phenoxy) is 1. The van der Waals surface area contributed by atoms with Gasteiger partial charge >= 0.3 is 6.09 Å². The maximum absolute atomic E-state index is 13.4. The van der Waals surface area contributed by atoms with E-state index >= 15 is 0 Å². The third-order valence-electron chi connectivity index (χ3n) is 7.17. The average molecular weight is 570 g/mol. The molecule has 2 aromatic heterocycles. The molecule has 0 atom stereocenters. The summed E-state index contributed by atoms with van der Waals surface area (Å²) >= 11 is 1.53. The topological polar surface area (TPSA) is 121 Å². The van der Waals surface area contributed by atoms with E-state index in [0.29, 0.717) is 34.7 Å². The van der Waals surface area contributed by atoms with Crippen LogP contribution in [0.3, 0.4) is 0 Å². The van der Waals surface area contributed by atoms with Crippen molar-refractivity contribution in [3.05, 3.63) is 58.1 Å². The zero-order valence-electron chi connectivity index (χ0n) is 22.1. The number of amides is 1. The molecule has 11 heteroatoms. The molecule has 2 aliphatic rings. The largest absolute Gasteiger partial charge is 0.596 e. The lowest BCUT2D eigenvalue weighted by molar-refractivity contribution is -0.486. The van der Waals surface area contributed by atoms with E-state index in [4.69, 9.17) is 9.72 Å². The van der Waals surface area contributed by atoms with E-state index in [1.165, 1.54) is 22.0 Å². The third kappa shape index (κ3) is 6.14. The molecule has 0 saturated heterocycles. The molecule has 5 rings (SSSR count). The lowest BCUT2D eigenvalue weighted by Crippen LogP contribution is -2.35. The number of aromatic nitrogens is 2. The number of hydrogen-bond donors (Lipinski definition) is 2. The summed E-state index contributed by atoms with van der Waals surface area (Å²) in [4.78, 5) is 32.0. The minimum atomic E-state index is -3.49. The summed E-state index contributed by atoms with van der Waals surface area (Å²) in [5.74, 6) is 0.249. The standard InChI is InChI=1S/C28H32N4O5S2/c1-17(2)37-28(34)32(3)21-8-4-18(5-9-21)27-30-16-24(38-27)23-12-6-19(31-20-7-13-26(33)29-15-20)14-25(23)39(35,36)22-10-11-22/h6-7,12-18,21-22,31H,3-5,8-11H2,1-2H3/p+1/t18-,21-. The third-order valence-corrected chi connectivity index (χ3v) is 10.7. The summed E-state index contributed by atoms with van der Waals surface area (Å²) in [6, 6.07) is 8.44. The van der Waals surface area contributed by atoms with Gasteiger partial charge in [0.05, 0.1) is 25.7 Å². The fourth-order valence-corrected chi connectivity index (χ4v) is 7.99. The average Bonchev–Trinajstić information content (AvgIpc) is 3.67. The van der Waals surface area contributed by atoms with Crippen LogP contribution >= 0.6 is 11.3 Å². The summed E-state index contributed by atoms with van der Waals surface area (Å²) in [7, 11) is -3.49. The molecular weight excluding hydrogens is 536 g/mol. The summed E-state index contributed by atoms with van der Waals surface area (Å²) in [5.41, 5.74) is 1.74. The van der Waals surface area contributed by atoms with Crippen LogP contribution in [0, 0.1) is 0 Å². The molecule has 2 aliphatic carbocycles. The van der Waals surface area contributed by atoms with Gasteiger partial charge in [-0.1, -0.05) is 6.07 Å². The second-order valence-corrected chi connectivity index (χ2v) is 13.8. The van der Waals surface area contributed by atoms with Crippen molar-refractivity contribution in [1.29, 1.82) is 0 Å². The Balaban J connectivity index is 1.35. The molecule has 1 amide bonds. The highest BCUT2D eigenvalue weighted by Gasteiger charge is 2.39. The number of H-pyrrole nitrogens is 1. The number of sulfone groups is 1. The fourth-order valence-electron chi connectivity index (χ4n) is 4.91. The molecule has 39 heavy (non-hydrogen) atoms. The van der Waals surface area contributed by atoms with Crippen LogP contribution in [0.4, 0.5) is 16.2 Å². The number of anilines is 2. The normalized spacial score (nSPS) is 19.6. The highest BCUT2D eigenvalue weighted by atomic mass is 32.2. The van der Waals surface area contributed by atoms with Crippen LogP contribution in [0.2, 0.25) is 0 Å². The molecule has 0 unspecified atom stereocenters. The predicted octanol–water partition coefficient (Wildman–Crippen LogP) is 5.46. The van der Waals surface area contributed by atoms with Crippen LogP contribution in [0.5, 0.6) is 0 Å². The molecule has 1 aromatic carbocycles. The van der Waals surface area contributed by atoms with Crippen LogP contribution in [0.25, 0.3) is 10.4 Å². The van der Waals surface area contributed by atoms with Crippen molar-refractivity contribution in [3.63, 3.8) is 0 Å². The summed E-state index contributed by atoms with van der Waals surface area (Å²) in [6.07, 6.45) is 7.44. The Kier molecular flexibility index (Phi) is 7.73. The smallest absolute Gasteiger partial charge is 0.409 e. The van der Waals surface area contributed by atoms with Crippen LogP contribution in [0.15, 0.2) is 52.4 Å². The van der Waals surface area contributed by atoms with Crippen molar-refractivity contribution >= 4 is 45.4 Å². The number of nitrogens with zero attached hydrogens (tertiary/aromatic N) is 2. The van der Waals surface area contributed by atoms with Gasteiger partial charge in [0.1, 0.15) is 12.8 Å². The first kappa shape index (κ1) is 27.3. The van der Waals surface area contributed by atoms with Crippen molar-refractivity contribution < 1.29 is 22.5 Å². The maximum Gasteiger partial charge on any atom is 0.596 e. The molecule has 2 saturated carbocycles. The minimum absolute atomic E-state index is 0.0321. The van der Waals surface area contributed by atoms with E-state index in [2.05, 4.69) is 17.0 Å². The Bertz CT molecular complexity index is 1530. The molecule has 0 aliphatic heterocycles. The van der Waals surface area contributed by atoms with Crippen molar-refractivity contribution in [2.45, 2.75) is 80.6 Å². The second kappa shape index (κ2) is 11.1. The second-order valence-electron chi connectivity index (χ2n) is 10.5. The number of pyridine rings is 1. The van der Waals surface area contributed by atoms with Crippen LogP contribution in [-0.2, 0) is 14.6 Å². The Labute approximate surface area is 231 Å². The molecule has 2 heterocycles. The van der Waals surface area contributed by atoms with Gasteiger partial charge in [-0.25, -0.2) is 13.4 Å². The molecule has 2 fully saturated rings. The molecule has 206 valence electrons. The highest BCUT2D eigenvalue weighted by molar-refractivity contribution is 7.92. The minimum Gasteiger partial charge on any atom is -0.409 e. The van der Waals surface area contributed by atoms with Gasteiger partial charge in [0.25, 0.3) is 0 Å². The quantitative estimate of drug-likeness (QED) is 0.273. The number of aromatic amines is 1. The van der Waals surface area contributed by atoms with Crippen molar-refractivity contribution in [2.24, 2.45) is 0 Å². The molecule has 0 spiro atoms. The number of rotatable bonds is 8. The molecule has 9 nitrogen and oxygen atoms in total. The van der Waals surface area contributed by atoms with Gasteiger partial charge in [-0.05, 0) is 57.7 Å². The first-order chi connectivity index (χ1) is 18.6. The summed E-state index contributed by atoms with van der Waals surface area (Å²) < 4.78 is 33.6. The van der Waals surface area contributed by atoms with Gasteiger partial charge in [0.2, 0.25) is 5.56 Å². The lowest BCUT2D eigenvalue weighted by atomic mass is 9.86. The number of carbonyl (C=O) groups is 1. The SMILES string of the molecule is C=[N+](C(=O)OC(C)C)[C@H]1CC[C@H](c2ncc(-c3ccc(Nc4ccc(=O)[nH]c4)cc3S(=O)(=O)C3CC3)s2)CC1. The van der Waals surface area contributed by atoms with Crippen LogP contribution in [0.1, 0.15) is 63.3 Å². The van der Waals surface area contributed by atoms with Gasteiger partial charge in [-0.15, -0.1) is 15.9 Å². The first-order valence-corrected chi connectivity index (χ1v) is 15.6. The van der Waals surface area contributed by atoms with Gasteiger partial charge in [-0.3, -0.25) is 4.79 Å². The highest BCUT2D eigenvalue weighted by Crippen LogP contribution is 2.43. The maximum atomic E-state index is 13.4. The Morgan fingerprint density at radius 3 is 2.49 bits per heavy atom. The number of carbonyl (C=O) groups excluding carboxylic acids is 1. The zero-order chi connectivity index (χ0) is 27.7. The molecule has 3 aromatic rings. The monoisotopic (exact) mass is 569 g/mol.